The van der Waals surface area contributed by atoms with E-state index in [4.69, 9.17) is 11.1 Å². The van der Waals surface area contributed by atoms with Crippen LogP contribution in [0.3, 0.4) is 0 Å². The average molecular weight is 248 g/mol. The Hall–Kier alpha value is -0.660. The second-order valence-electron chi connectivity index (χ2n) is 4.41. The Morgan fingerprint density at radius 3 is 2.31 bits per heavy atom. The fourth-order valence-corrected chi connectivity index (χ4v) is 3.22. The van der Waals surface area contributed by atoms with E-state index in [0.29, 0.717) is 25.9 Å². The maximum Gasteiger partial charge on any atom is 0.279 e. The lowest BCUT2D eigenvalue weighted by Crippen LogP contribution is -2.48. The van der Waals surface area contributed by atoms with Gasteiger partial charge in [0.15, 0.2) is 0 Å². The number of hydrogen-bond donors (Lipinski definition) is 3. The largest absolute Gasteiger partial charge is 0.387 e. The summed E-state index contributed by atoms with van der Waals surface area (Å²) in [6.07, 6.45) is 1.27. The van der Waals surface area contributed by atoms with E-state index < -0.39 is 10.2 Å². The molecule has 1 saturated heterocycles. The first kappa shape index (κ1) is 13.4. The van der Waals surface area contributed by atoms with E-state index in [9.17, 15) is 8.42 Å². The zero-order valence-corrected chi connectivity index (χ0v) is 10.5. The van der Waals surface area contributed by atoms with Crippen LogP contribution in [0, 0.1) is 11.3 Å². The lowest BCUT2D eigenvalue weighted by molar-refractivity contribution is 0.309. The average Bonchev–Trinajstić information content (AvgIpc) is 2.16. The molecule has 16 heavy (non-hydrogen) atoms. The highest BCUT2D eigenvalue weighted by Gasteiger charge is 2.29. The summed E-state index contributed by atoms with van der Waals surface area (Å²) in [5, 5.41) is 7.32. The van der Waals surface area contributed by atoms with Gasteiger partial charge in [0.2, 0.25) is 0 Å². The second-order valence-corrected chi connectivity index (χ2v) is 6.11. The van der Waals surface area contributed by atoms with Crippen LogP contribution in [0.2, 0.25) is 0 Å². The topological polar surface area (TPSA) is 99.3 Å². The fraction of sp³-hybridized carbons (Fsp3) is 0.889. The highest BCUT2D eigenvalue weighted by molar-refractivity contribution is 7.87. The SMILES string of the molecule is CC(C)NS(=O)(=O)N1CCC(C(=N)N)CC1. The van der Waals surface area contributed by atoms with Crippen molar-refractivity contribution in [3.63, 3.8) is 0 Å². The number of nitrogens with one attached hydrogen (secondary N) is 2. The molecule has 0 aliphatic carbocycles. The fourth-order valence-electron chi connectivity index (χ4n) is 1.78. The van der Waals surface area contributed by atoms with Gasteiger partial charge in [-0.15, -0.1) is 0 Å². The first-order valence-electron chi connectivity index (χ1n) is 5.44. The van der Waals surface area contributed by atoms with Crippen molar-refractivity contribution in [2.75, 3.05) is 13.1 Å². The smallest absolute Gasteiger partial charge is 0.279 e. The van der Waals surface area contributed by atoms with Gasteiger partial charge in [-0.2, -0.15) is 17.4 Å². The predicted octanol–water partition coefficient (Wildman–Crippen LogP) is -0.123. The molecule has 0 atom stereocenters. The maximum absolute atomic E-state index is 11.8. The Labute approximate surface area is 96.9 Å². The minimum Gasteiger partial charge on any atom is -0.387 e. The van der Waals surface area contributed by atoms with Gasteiger partial charge in [-0.05, 0) is 26.7 Å². The van der Waals surface area contributed by atoms with Crippen molar-refractivity contribution in [3.05, 3.63) is 0 Å². The molecule has 4 N–H and O–H groups in total. The van der Waals surface area contributed by atoms with Crippen LogP contribution < -0.4 is 10.5 Å². The molecule has 1 aliphatic rings. The molecule has 1 rings (SSSR count). The summed E-state index contributed by atoms with van der Waals surface area (Å²) in [7, 11) is -3.36. The van der Waals surface area contributed by atoms with E-state index in [2.05, 4.69) is 4.72 Å². The summed E-state index contributed by atoms with van der Waals surface area (Å²) >= 11 is 0. The molecule has 0 saturated carbocycles. The van der Waals surface area contributed by atoms with Crippen LogP contribution in [-0.2, 0) is 10.2 Å². The Morgan fingerprint density at radius 1 is 1.44 bits per heavy atom. The lowest BCUT2D eigenvalue weighted by Gasteiger charge is -2.31. The van der Waals surface area contributed by atoms with Gasteiger partial charge in [-0.25, -0.2) is 0 Å². The van der Waals surface area contributed by atoms with E-state index in [-0.39, 0.29) is 17.8 Å². The molecule has 0 aromatic rings. The van der Waals surface area contributed by atoms with Gasteiger partial charge in [-0.1, -0.05) is 0 Å². The van der Waals surface area contributed by atoms with Crippen molar-refractivity contribution in [3.8, 4) is 0 Å². The minimum atomic E-state index is -3.36. The first-order chi connectivity index (χ1) is 7.33. The van der Waals surface area contributed by atoms with Gasteiger partial charge in [0.1, 0.15) is 0 Å². The summed E-state index contributed by atoms with van der Waals surface area (Å²) < 4.78 is 27.6. The molecular formula is C9H20N4O2S. The maximum atomic E-state index is 11.8. The van der Waals surface area contributed by atoms with Crippen LogP contribution in [0.5, 0.6) is 0 Å². The molecule has 0 spiro atoms. The zero-order valence-electron chi connectivity index (χ0n) is 9.73. The Morgan fingerprint density at radius 2 is 1.94 bits per heavy atom. The second kappa shape index (κ2) is 5.11. The van der Waals surface area contributed by atoms with Crippen LogP contribution in [-0.4, -0.2) is 37.7 Å². The minimum absolute atomic E-state index is 0.0329. The molecule has 1 fully saturated rings. The molecule has 7 heteroatoms. The van der Waals surface area contributed by atoms with Crippen molar-refractivity contribution < 1.29 is 8.42 Å². The van der Waals surface area contributed by atoms with E-state index >= 15 is 0 Å². The van der Waals surface area contributed by atoms with Crippen LogP contribution >= 0.6 is 0 Å². The number of nitrogens with zero attached hydrogens (tertiary/aromatic N) is 1. The quantitative estimate of drug-likeness (QED) is 0.477. The van der Waals surface area contributed by atoms with E-state index in [1.54, 1.807) is 13.8 Å². The van der Waals surface area contributed by atoms with Crippen LogP contribution in [0.25, 0.3) is 0 Å². The molecule has 0 radical (unpaired) electrons. The van der Waals surface area contributed by atoms with Crippen molar-refractivity contribution in [2.45, 2.75) is 32.7 Å². The number of hydrogen-bond acceptors (Lipinski definition) is 3. The van der Waals surface area contributed by atoms with Gasteiger partial charge in [0.05, 0.1) is 5.84 Å². The number of piperidine rings is 1. The third kappa shape index (κ3) is 3.43. The molecular weight excluding hydrogens is 228 g/mol. The molecule has 0 aromatic heterocycles. The summed E-state index contributed by atoms with van der Waals surface area (Å²) in [5.41, 5.74) is 5.40. The summed E-state index contributed by atoms with van der Waals surface area (Å²) in [5.74, 6) is 0.194. The Balaban J connectivity index is 2.56. The van der Waals surface area contributed by atoms with Crippen LogP contribution in [0.1, 0.15) is 26.7 Å². The lowest BCUT2D eigenvalue weighted by atomic mass is 9.97. The molecule has 0 bridgehead atoms. The third-order valence-electron chi connectivity index (χ3n) is 2.62. The number of nitrogens with two attached hydrogens (primary N) is 1. The molecule has 0 aromatic carbocycles. The standard InChI is InChI=1S/C9H20N4O2S/c1-7(2)12-16(14,15)13-5-3-8(4-6-13)9(10)11/h7-8,12H,3-6H2,1-2H3,(H3,10,11). The van der Waals surface area contributed by atoms with Gasteiger partial charge < -0.3 is 5.73 Å². The third-order valence-corrected chi connectivity index (χ3v) is 4.43. The van der Waals surface area contributed by atoms with Gasteiger partial charge in [0.25, 0.3) is 10.2 Å². The Bertz CT molecular complexity index is 345. The molecule has 6 nitrogen and oxygen atoms in total. The normalized spacial score (nSPS) is 20.2. The zero-order chi connectivity index (χ0) is 12.3. The molecule has 1 heterocycles. The number of rotatable bonds is 4. The van der Waals surface area contributed by atoms with Crippen molar-refractivity contribution in [1.82, 2.24) is 9.03 Å². The van der Waals surface area contributed by atoms with Gasteiger partial charge in [0, 0.05) is 25.0 Å². The summed E-state index contributed by atoms with van der Waals surface area (Å²) in [6, 6.07) is -0.101. The molecule has 0 amide bonds. The monoisotopic (exact) mass is 248 g/mol. The van der Waals surface area contributed by atoms with Crippen LogP contribution in [0.4, 0.5) is 0 Å². The van der Waals surface area contributed by atoms with Gasteiger partial charge in [-0.3, -0.25) is 5.41 Å². The van der Waals surface area contributed by atoms with Crippen molar-refractivity contribution >= 4 is 16.0 Å². The molecule has 1 aliphatic heterocycles. The first-order valence-corrected chi connectivity index (χ1v) is 6.88. The van der Waals surface area contributed by atoms with Crippen molar-refractivity contribution in [2.24, 2.45) is 11.7 Å². The van der Waals surface area contributed by atoms with Crippen LogP contribution in [0.15, 0.2) is 0 Å². The number of amidine groups is 1. The van der Waals surface area contributed by atoms with Crippen molar-refractivity contribution in [1.29, 1.82) is 5.41 Å². The van der Waals surface area contributed by atoms with E-state index in [0.717, 1.165) is 0 Å². The van der Waals surface area contributed by atoms with E-state index in [1.807, 2.05) is 0 Å². The van der Waals surface area contributed by atoms with E-state index in [1.165, 1.54) is 4.31 Å². The molecule has 0 unspecified atom stereocenters. The predicted molar refractivity (Wildman–Crippen MR) is 63.4 cm³/mol. The summed E-state index contributed by atoms with van der Waals surface area (Å²) in [4.78, 5) is 0. The van der Waals surface area contributed by atoms with Gasteiger partial charge >= 0.3 is 0 Å². The molecule has 94 valence electrons. The highest BCUT2D eigenvalue weighted by Crippen LogP contribution is 2.18. The Kier molecular flexibility index (Phi) is 4.28. The summed E-state index contributed by atoms with van der Waals surface area (Å²) in [6.45, 7) is 4.46. The highest BCUT2D eigenvalue weighted by atomic mass is 32.2.